The Morgan fingerprint density at radius 3 is 0.429 bits per heavy atom. The summed E-state index contributed by atoms with van der Waals surface area (Å²) in [4.78, 5) is 0. The number of halogens is 2. The van der Waals surface area contributed by atoms with Crippen molar-refractivity contribution in [2.45, 2.75) is 0 Å². The Morgan fingerprint density at radius 2 is 0.429 bits per heavy atom. The molecule has 0 aliphatic rings. The van der Waals surface area contributed by atoms with Gasteiger partial charge in [0.05, 0.1) is 0 Å². The van der Waals surface area contributed by atoms with Gasteiger partial charge in [0.1, 0.15) is 0 Å². The molecule has 0 N–H and O–H groups in total. The van der Waals surface area contributed by atoms with Crippen LogP contribution in [0.2, 0.25) is 0 Å². The molecule has 7 heteroatoms. The first kappa shape index (κ1) is 113. The number of hydrogen-bond donors (Lipinski definition) is 0. The van der Waals surface area contributed by atoms with Gasteiger partial charge in [-0.1, -0.05) is 0 Å². The number of hydrogen-bond acceptors (Lipinski definition) is 0. The van der Waals surface area contributed by atoms with Gasteiger partial charge in [-0.25, -0.2) is 0 Å². The summed E-state index contributed by atoms with van der Waals surface area (Å²) >= 11 is 0. The van der Waals surface area contributed by atoms with Crippen molar-refractivity contribution >= 4 is 0 Å². The fraction of sp³-hybridized carbons (Fsp3) is 0. The van der Waals surface area contributed by atoms with E-state index in [2.05, 4.69) is 0 Å². The molecule has 0 heterocycles. The Balaban J connectivity index is 0. The molecule has 0 amide bonds. The van der Waals surface area contributed by atoms with Crippen LogP contribution in [0.25, 0.3) is 0 Å². The Morgan fingerprint density at radius 1 is 0.429 bits per heavy atom. The molecule has 3 radical (unpaired) electrons. The van der Waals surface area contributed by atoms with Crippen molar-refractivity contribution < 1.29 is 96.1 Å². The Bertz CT molecular complexity index is 10.9. The molecule has 0 spiro atoms. The van der Waals surface area contributed by atoms with Crippen molar-refractivity contribution in [3.8, 4) is 0 Å². The predicted molar refractivity (Wildman–Crippen MR) is 1.37 cm³/mol. The van der Waals surface area contributed by atoms with Crippen LogP contribution in [0, 0.1) is 0 Å². The van der Waals surface area contributed by atoms with Gasteiger partial charge in [0.25, 0.3) is 0 Å². The standard InChI is InChI=1S/2BrH.3Cu.2O/h2*1H;;;;;/q;;3*+2;2*-2/p-2. The smallest absolute Gasteiger partial charge is 2.00 e. The van der Waals surface area contributed by atoms with Crippen molar-refractivity contribution in [1.82, 2.24) is 0 Å². The zero-order valence-corrected chi connectivity index (χ0v) is 8.47. The summed E-state index contributed by atoms with van der Waals surface area (Å²) in [5.41, 5.74) is 0. The molecule has 2 nitrogen and oxygen atoms in total. The molecule has 0 aromatic carbocycles. The summed E-state index contributed by atoms with van der Waals surface area (Å²) in [5.74, 6) is 0. The first-order valence-electron chi connectivity index (χ1n) is 0. The van der Waals surface area contributed by atoms with E-state index < -0.39 is 0 Å². The van der Waals surface area contributed by atoms with Gasteiger partial charge in [-0.15, -0.1) is 0 Å². The van der Waals surface area contributed by atoms with Crippen molar-refractivity contribution in [3.05, 3.63) is 0 Å². The average molecular weight is 382 g/mol. The monoisotopic (exact) mass is 379 g/mol. The first-order valence-corrected chi connectivity index (χ1v) is 0. The van der Waals surface area contributed by atoms with Gasteiger partial charge in [-0.3, -0.25) is 0 Å². The van der Waals surface area contributed by atoms with E-state index in [-0.39, 0.29) is 96.1 Å². The van der Waals surface area contributed by atoms with Crippen LogP contribution >= 0.6 is 0 Å². The Labute approximate surface area is 95.1 Å². The maximum atomic E-state index is 0. The molecule has 0 aromatic heterocycles. The third-order valence-corrected chi connectivity index (χ3v) is 0. The molecular formula is Br2Cu3O2. The molecule has 0 aromatic rings. The SMILES string of the molecule is [Br-].[Br-].[Cu+2].[Cu+2].[Cu+2].[O-2].[O-2]. The van der Waals surface area contributed by atoms with Gasteiger partial charge in [0.2, 0.25) is 0 Å². The Hall–Kier alpha value is 2.44. The van der Waals surface area contributed by atoms with Crippen LogP contribution in [0.1, 0.15) is 0 Å². The van der Waals surface area contributed by atoms with Crippen LogP contribution in [-0.2, 0) is 62.2 Å². The fourth-order valence-corrected chi connectivity index (χ4v) is 0. The second kappa shape index (κ2) is 78.5. The van der Waals surface area contributed by atoms with Crippen molar-refractivity contribution in [1.29, 1.82) is 0 Å². The zero-order valence-electron chi connectivity index (χ0n) is 2.48. The van der Waals surface area contributed by atoms with Crippen molar-refractivity contribution in [2.24, 2.45) is 0 Å². The summed E-state index contributed by atoms with van der Waals surface area (Å²) in [5, 5.41) is 0. The predicted octanol–water partition coefficient (Wildman–Crippen LogP) is -6.24. The van der Waals surface area contributed by atoms with Crippen LogP contribution in [0.5, 0.6) is 0 Å². The van der Waals surface area contributed by atoms with E-state index in [4.69, 9.17) is 0 Å². The van der Waals surface area contributed by atoms with Gasteiger partial charge in [0.15, 0.2) is 0 Å². The van der Waals surface area contributed by atoms with Crippen LogP contribution < -0.4 is 34.0 Å². The first-order chi connectivity index (χ1) is 0. The van der Waals surface area contributed by atoms with Gasteiger partial charge in [-0.05, 0) is 0 Å². The van der Waals surface area contributed by atoms with Gasteiger partial charge in [0, 0.05) is 0 Å². The van der Waals surface area contributed by atoms with Crippen molar-refractivity contribution in [3.63, 3.8) is 0 Å². The van der Waals surface area contributed by atoms with E-state index in [9.17, 15) is 0 Å². The second-order valence-electron chi connectivity index (χ2n) is 0. The van der Waals surface area contributed by atoms with E-state index in [1.54, 1.807) is 0 Å². The molecule has 0 unspecified atom stereocenters. The largest absolute Gasteiger partial charge is 2.00 e. The fourth-order valence-electron chi connectivity index (χ4n) is 0. The molecule has 0 aliphatic carbocycles. The minimum atomic E-state index is 0. The minimum Gasteiger partial charge on any atom is -2.00 e. The van der Waals surface area contributed by atoms with Gasteiger partial charge in [-0.2, -0.15) is 0 Å². The molecule has 0 fully saturated rings. The van der Waals surface area contributed by atoms with E-state index in [1.807, 2.05) is 0 Å². The van der Waals surface area contributed by atoms with E-state index in [0.29, 0.717) is 0 Å². The zero-order chi connectivity index (χ0) is 0. The van der Waals surface area contributed by atoms with E-state index in [0.717, 1.165) is 0 Å². The summed E-state index contributed by atoms with van der Waals surface area (Å²) in [7, 11) is 0. The molecule has 59 valence electrons. The molecule has 0 atom stereocenters. The molecule has 0 saturated carbocycles. The van der Waals surface area contributed by atoms with Gasteiger partial charge < -0.3 is 44.9 Å². The second-order valence-corrected chi connectivity index (χ2v) is 0. The maximum Gasteiger partial charge on any atom is 2.00 e. The normalized spacial score (nSPS) is 0. The third kappa shape index (κ3) is 58.8. The summed E-state index contributed by atoms with van der Waals surface area (Å²) in [6.45, 7) is 0. The third-order valence-electron chi connectivity index (χ3n) is 0. The molecule has 0 rings (SSSR count). The van der Waals surface area contributed by atoms with E-state index >= 15 is 0 Å². The Kier molecular flexibility index (Phi) is 1270. The van der Waals surface area contributed by atoms with Gasteiger partial charge >= 0.3 is 51.2 Å². The maximum absolute atomic E-state index is 0. The number of rotatable bonds is 0. The van der Waals surface area contributed by atoms with Crippen molar-refractivity contribution in [2.75, 3.05) is 0 Å². The summed E-state index contributed by atoms with van der Waals surface area (Å²) < 4.78 is 0. The molecule has 0 saturated heterocycles. The average Bonchev–Trinajstić information content (AvgIpc) is 0. The minimum absolute atomic E-state index is 0. The molecule has 0 aliphatic heterocycles. The quantitative estimate of drug-likeness (QED) is 0.375. The van der Waals surface area contributed by atoms with Crippen LogP contribution in [0.15, 0.2) is 0 Å². The molecule has 0 bridgehead atoms. The molecule has 7 heavy (non-hydrogen) atoms. The molecular weight excluding hydrogens is 382 g/mol. The van der Waals surface area contributed by atoms with Crippen LogP contribution in [-0.4, -0.2) is 0 Å². The topological polar surface area (TPSA) is 57.0 Å². The van der Waals surface area contributed by atoms with Crippen LogP contribution in [0.4, 0.5) is 0 Å². The van der Waals surface area contributed by atoms with E-state index in [1.165, 1.54) is 0 Å². The summed E-state index contributed by atoms with van der Waals surface area (Å²) in [6, 6.07) is 0. The van der Waals surface area contributed by atoms with Crippen LogP contribution in [0.3, 0.4) is 0 Å². The summed E-state index contributed by atoms with van der Waals surface area (Å²) in [6.07, 6.45) is 0.